The van der Waals surface area contributed by atoms with Crippen LogP contribution in [0.15, 0.2) is 24.4 Å². The SMILES string of the molecule is CCOc1cccc(CN2CCC[C@H](c3[nH]ncc3CC(C)C)C2)c1O. The van der Waals surface area contributed by atoms with Crippen LogP contribution in [-0.4, -0.2) is 39.9 Å². The maximum Gasteiger partial charge on any atom is 0.162 e. The van der Waals surface area contributed by atoms with Crippen molar-refractivity contribution in [3.63, 3.8) is 0 Å². The monoisotopic (exact) mass is 357 g/mol. The third kappa shape index (κ3) is 4.39. The second kappa shape index (κ2) is 8.58. The molecule has 1 atom stereocenters. The number of nitrogens with zero attached hydrogens (tertiary/aromatic N) is 2. The summed E-state index contributed by atoms with van der Waals surface area (Å²) in [7, 11) is 0. The molecule has 1 aromatic heterocycles. The standard InChI is InChI=1S/C21H31N3O2/c1-4-26-19-9-5-7-17(21(19)25)14-24-10-6-8-16(13-24)20-18(11-15(2)3)12-22-23-20/h5,7,9,12,15-16,25H,4,6,8,10-11,13-14H2,1-3H3,(H,22,23)/t16-/m0/s1. The Morgan fingerprint density at radius 1 is 1.35 bits per heavy atom. The van der Waals surface area contributed by atoms with Gasteiger partial charge >= 0.3 is 0 Å². The van der Waals surface area contributed by atoms with Crippen LogP contribution in [0.4, 0.5) is 0 Å². The van der Waals surface area contributed by atoms with Crippen molar-refractivity contribution in [2.24, 2.45) is 5.92 Å². The van der Waals surface area contributed by atoms with Crippen molar-refractivity contribution in [2.45, 2.75) is 52.5 Å². The quantitative estimate of drug-likeness (QED) is 0.783. The number of likely N-dealkylation sites (tertiary alicyclic amines) is 1. The van der Waals surface area contributed by atoms with E-state index >= 15 is 0 Å². The van der Waals surface area contributed by atoms with Gasteiger partial charge in [0.1, 0.15) is 0 Å². The Labute approximate surface area is 156 Å². The summed E-state index contributed by atoms with van der Waals surface area (Å²) in [6, 6.07) is 5.77. The van der Waals surface area contributed by atoms with E-state index in [9.17, 15) is 5.11 Å². The molecule has 1 fully saturated rings. The van der Waals surface area contributed by atoms with Crippen molar-refractivity contribution < 1.29 is 9.84 Å². The van der Waals surface area contributed by atoms with Crippen molar-refractivity contribution in [3.8, 4) is 11.5 Å². The Balaban J connectivity index is 1.70. The fourth-order valence-corrected chi connectivity index (χ4v) is 3.92. The number of hydrogen-bond acceptors (Lipinski definition) is 4. The summed E-state index contributed by atoms with van der Waals surface area (Å²) in [5.74, 6) is 1.96. The highest BCUT2D eigenvalue weighted by Crippen LogP contribution is 2.33. The zero-order valence-electron chi connectivity index (χ0n) is 16.2. The molecule has 5 heteroatoms. The smallest absolute Gasteiger partial charge is 0.162 e. The molecule has 2 N–H and O–H groups in total. The molecule has 1 aliphatic rings. The average Bonchev–Trinajstić information content (AvgIpc) is 3.06. The molecule has 0 saturated carbocycles. The number of nitrogens with one attached hydrogen (secondary N) is 1. The average molecular weight is 357 g/mol. The number of hydrogen-bond donors (Lipinski definition) is 2. The van der Waals surface area contributed by atoms with Gasteiger partial charge in [-0.3, -0.25) is 10.00 Å². The lowest BCUT2D eigenvalue weighted by Crippen LogP contribution is -2.34. The summed E-state index contributed by atoms with van der Waals surface area (Å²) in [4.78, 5) is 2.43. The first-order valence-electron chi connectivity index (χ1n) is 9.76. The number of aromatic amines is 1. The number of benzene rings is 1. The molecule has 2 heterocycles. The van der Waals surface area contributed by atoms with E-state index in [-0.39, 0.29) is 5.75 Å². The minimum atomic E-state index is 0.276. The molecule has 3 rings (SSSR count). The van der Waals surface area contributed by atoms with Gasteiger partial charge in [0.25, 0.3) is 0 Å². The Bertz CT molecular complexity index is 711. The molecule has 0 bridgehead atoms. The van der Waals surface area contributed by atoms with E-state index in [4.69, 9.17) is 4.74 Å². The van der Waals surface area contributed by atoms with Gasteiger partial charge in [0, 0.05) is 30.3 Å². The highest BCUT2D eigenvalue weighted by Gasteiger charge is 2.25. The number of phenolic OH excluding ortho intramolecular Hbond substituents is 1. The van der Waals surface area contributed by atoms with Gasteiger partial charge in [-0.1, -0.05) is 26.0 Å². The van der Waals surface area contributed by atoms with Gasteiger partial charge in [-0.15, -0.1) is 0 Å². The molecule has 2 aromatic rings. The van der Waals surface area contributed by atoms with Gasteiger partial charge in [-0.2, -0.15) is 5.10 Å². The number of rotatable bonds is 7. The number of para-hydroxylation sites is 1. The van der Waals surface area contributed by atoms with Gasteiger partial charge in [0.15, 0.2) is 11.5 Å². The van der Waals surface area contributed by atoms with Gasteiger partial charge in [0.05, 0.1) is 12.8 Å². The third-order valence-electron chi connectivity index (χ3n) is 5.07. The Kier molecular flexibility index (Phi) is 6.20. The largest absolute Gasteiger partial charge is 0.504 e. The highest BCUT2D eigenvalue weighted by molar-refractivity contribution is 5.45. The van der Waals surface area contributed by atoms with Gasteiger partial charge in [-0.05, 0) is 50.3 Å². The fraction of sp³-hybridized carbons (Fsp3) is 0.571. The summed E-state index contributed by atoms with van der Waals surface area (Å²) in [5.41, 5.74) is 3.59. The minimum absolute atomic E-state index is 0.276. The first-order valence-corrected chi connectivity index (χ1v) is 9.76. The van der Waals surface area contributed by atoms with Crippen LogP contribution in [0.5, 0.6) is 11.5 Å². The lowest BCUT2D eigenvalue weighted by molar-refractivity contribution is 0.195. The summed E-state index contributed by atoms with van der Waals surface area (Å²) in [6.07, 6.45) is 5.41. The maximum absolute atomic E-state index is 10.5. The van der Waals surface area contributed by atoms with Crippen LogP contribution in [0.1, 0.15) is 56.4 Å². The van der Waals surface area contributed by atoms with Crippen LogP contribution in [0.2, 0.25) is 0 Å². The molecule has 0 spiro atoms. The highest BCUT2D eigenvalue weighted by atomic mass is 16.5. The molecule has 0 radical (unpaired) electrons. The van der Waals surface area contributed by atoms with Gasteiger partial charge < -0.3 is 9.84 Å². The van der Waals surface area contributed by atoms with Crippen LogP contribution >= 0.6 is 0 Å². The summed E-state index contributed by atoms with van der Waals surface area (Å²) < 4.78 is 5.52. The molecule has 1 aromatic carbocycles. The number of phenols is 1. The summed E-state index contributed by atoms with van der Waals surface area (Å²) >= 11 is 0. The predicted octanol–water partition coefficient (Wildman–Crippen LogP) is 4.09. The Morgan fingerprint density at radius 2 is 2.19 bits per heavy atom. The lowest BCUT2D eigenvalue weighted by Gasteiger charge is -2.33. The molecular formula is C21H31N3O2. The molecule has 5 nitrogen and oxygen atoms in total. The summed E-state index contributed by atoms with van der Waals surface area (Å²) in [5, 5.41) is 18.0. The number of piperidine rings is 1. The fourth-order valence-electron chi connectivity index (χ4n) is 3.92. The van der Waals surface area contributed by atoms with Crippen LogP contribution in [0.3, 0.4) is 0 Å². The number of aromatic hydroxyl groups is 1. The minimum Gasteiger partial charge on any atom is -0.504 e. The topological polar surface area (TPSA) is 61.4 Å². The molecule has 0 amide bonds. The zero-order valence-corrected chi connectivity index (χ0v) is 16.2. The van der Waals surface area contributed by atoms with Crippen molar-refractivity contribution in [1.82, 2.24) is 15.1 Å². The third-order valence-corrected chi connectivity index (χ3v) is 5.07. The number of H-pyrrole nitrogens is 1. The zero-order chi connectivity index (χ0) is 18.5. The van der Waals surface area contributed by atoms with Crippen LogP contribution < -0.4 is 4.74 Å². The number of ether oxygens (including phenoxy) is 1. The van der Waals surface area contributed by atoms with E-state index in [1.54, 1.807) is 0 Å². The first kappa shape index (κ1) is 18.8. The predicted molar refractivity (Wildman–Crippen MR) is 104 cm³/mol. The normalized spacial score (nSPS) is 18.4. The Hall–Kier alpha value is -2.01. The molecule has 1 saturated heterocycles. The van der Waals surface area contributed by atoms with E-state index in [2.05, 4.69) is 28.9 Å². The molecule has 142 valence electrons. The van der Waals surface area contributed by atoms with Crippen LogP contribution in [0.25, 0.3) is 0 Å². The van der Waals surface area contributed by atoms with E-state index in [0.29, 0.717) is 24.2 Å². The maximum atomic E-state index is 10.5. The van der Waals surface area contributed by atoms with Gasteiger partial charge in [0.2, 0.25) is 0 Å². The van der Waals surface area contributed by atoms with Crippen molar-refractivity contribution in [1.29, 1.82) is 0 Å². The van der Waals surface area contributed by atoms with E-state index in [1.807, 2.05) is 31.3 Å². The van der Waals surface area contributed by atoms with Crippen molar-refractivity contribution in [3.05, 3.63) is 41.2 Å². The molecule has 1 aliphatic heterocycles. The van der Waals surface area contributed by atoms with Crippen LogP contribution in [0, 0.1) is 5.92 Å². The Morgan fingerprint density at radius 3 is 2.96 bits per heavy atom. The van der Waals surface area contributed by atoms with Crippen molar-refractivity contribution in [2.75, 3.05) is 19.7 Å². The van der Waals surface area contributed by atoms with Crippen molar-refractivity contribution >= 4 is 0 Å². The second-order valence-corrected chi connectivity index (χ2v) is 7.68. The number of aromatic nitrogens is 2. The van der Waals surface area contributed by atoms with E-state index in [0.717, 1.165) is 38.0 Å². The first-order chi connectivity index (χ1) is 12.6. The second-order valence-electron chi connectivity index (χ2n) is 7.68. The summed E-state index contributed by atoms with van der Waals surface area (Å²) in [6.45, 7) is 9.78. The lowest BCUT2D eigenvalue weighted by atomic mass is 9.90. The molecular weight excluding hydrogens is 326 g/mol. The van der Waals surface area contributed by atoms with E-state index in [1.165, 1.54) is 17.7 Å². The molecule has 0 unspecified atom stereocenters. The van der Waals surface area contributed by atoms with Crippen LogP contribution in [-0.2, 0) is 13.0 Å². The molecule has 26 heavy (non-hydrogen) atoms. The van der Waals surface area contributed by atoms with E-state index < -0.39 is 0 Å². The van der Waals surface area contributed by atoms with Gasteiger partial charge in [-0.25, -0.2) is 0 Å². The molecule has 0 aliphatic carbocycles.